The van der Waals surface area contributed by atoms with Crippen molar-refractivity contribution in [1.29, 1.82) is 0 Å². The molecule has 0 radical (unpaired) electrons. The standard InChI is InChI=1S/C14H22N2O3/c1-14(2)8-10-11(19-14)4-3-7-16(10)13(18)9-5-6-12(17)15-9/h9-11H,3-8H2,1-2H3,(H,15,17)/t9-,10-,11-/m0/s1. The Morgan fingerprint density at radius 2 is 2.21 bits per heavy atom. The minimum atomic E-state index is -0.310. The van der Waals surface area contributed by atoms with Gasteiger partial charge in [0.1, 0.15) is 6.04 Å². The first kappa shape index (κ1) is 12.9. The molecule has 3 heterocycles. The number of hydrogen-bond donors (Lipinski definition) is 1. The number of carbonyl (C=O) groups is 2. The van der Waals surface area contributed by atoms with Crippen molar-refractivity contribution in [2.45, 2.75) is 69.7 Å². The molecule has 0 aromatic carbocycles. The first-order valence-electron chi connectivity index (χ1n) is 7.24. The summed E-state index contributed by atoms with van der Waals surface area (Å²) in [6.07, 6.45) is 4.20. The number of nitrogens with zero attached hydrogens (tertiary/aromatic N) is 1. The lowest BCUT2D eigenvalue weighted by Gasteiger charge is -2.37. The van der Waals surface area contributed by atoms with Gasteiger partial charge in [-0.05, 0) is 39.5 Å². The molecule has 3 rings (SSSR count). The number of nitrogens with one attached hydrogen (secondary N) is 1. The lowest BCUT2D eigenvalue weighted by atomic mass is 9.93. The summed E-state index contributed by atoms with van der Waals surface area (Å²) in [5.41, 5.74) is -0.142. The number of ether oxygens (including phenoxy) is 1. The summed E-state index contributed by atoms with van der Waals surface area (Å²) in [6.45, 7) is 4.97. The highest BCUT2D eigenvalue weighted by Crippen LogP contribution is 2.38. The zero-order valence-electron chi connectivity index (χ0n) is 11.6. The van der Waals surface area contributed by atoms with Crippen LogP contribution in [0.1, 0.15) is 46.0 Å². The number of rotatable bonds is 1. The maximum absolute atomic E-state index is 12.6. The highest BCUT2D eigenvalue weighted by Gasteiger charge is 2.47. The molecule has 1 N–H and O–H groups in total. The molecule has 5 heteroatoms. The van der Waals surface area contributed by atoms with E-state index >= 15 is 0 Å². The van der Waals surface area contributed by atoms with Gasteiger partial charge in [0.25, 0.3) is 0 Å². The second kappa shape index (κ2) is 4.47. The molecule has 0 saturated carbocycles. The molecule has 3 saturated heterocycles. The van der Waals surface area contributed by atoms with Crippen LogP contribution in [0.25, 0.3) is 0 Å². The van der Waals surface area contributed by atoms with Gasteiger partial charge in [-0.1, -0.05) is 0 Å². The second-order valence-corrected chi connectivity index (χ2v) is 6.52. The van der Waals surface area contributed by atoms with Crippen LogP contribution in [0.3, 0.4) is 0 Å². The zero-order chi connectivity index (χ0) is 13.6. The van der Waals surface area contributed by atoms with E-state index in [0.717, 1.165) is 25.8 Å². The number of hydrogen-bond acceptors (Lipinski definition) is 3. The Bertz CT molecular complexity index is 407. The summed E-state index contributed by atoms with van der Waals surface area (Å²) >= 11 is 0. The third-order valence-electron chi connectivity index (χ3n) is 4.46. The minimum absolute atomic E-state index is 0.00471. The van der Waals surface area contributed by atoms with Gasteiger partial charge in [-0.25, -0.2) is 0 Å². The van der Waals surface area contributed by atoms with E-state index in [9.17, 15) is 9.59 Å². The molecule has 2 amide bonds. The molecule has 0 spiro atoms. The largest absolute Gasteiger partial charge is 0.370 e. The average molecular weight is 266 g/mol. The lowest BCUT2D eigenvalue weighted by Crippen LogP contribution is -2.54. The van der Waals surface area contributed by atoms with Gasteiger partial charge < -0.3 is 15.0 Å². The Labute approximate surface area is 113 Å². The van der Waals surface area contributed by atoms with Gasteiger partial charge >= 0.3 is 0 Å². The van der Waals surface area contributed by atoms with Crippen LogP contribution in [0, 0.1) is 0 Å². The Hall–Kier alpha value is -1.10. The van der Waals surface area contributed by atoms with Gasteiger partial charge in [-0.3, -0.25) is 9.59 Å². The topological polar surface area (TPSA) is 58.6 Å². The summed E-state index contributed by atoms with van der Waals surface area (Å²) in [6, 6.07) is -0.122. The normalized spacial score (nSPS) is 37.1. The lowest BCUT2D eigenvalue weighted by molar-refractivity contribution is -0.140. The van der Waals surface area contributed by atoms with Crippen molar-refractivity contribution in [2.24, 2.45) is 0 Å². The van der Waals surface area contributed by atoms with Crippen LogP contribution in [-0.2, 0) is 14.3 Å². The molecular weight excluding hydrogens is 244 g/mol. The second-order valence-electron chi connectivity index (χ2n) is 6.52. The monoisotopic (exact) mass is 266 g/mol. The maximum atomic E-state index is 12.6. The zero-order valence-corrected chi connectivity index (χ0v) is 11.6. The molecule has 0 unspecified atom stereocenters. The SMILES string of the molecule is CC1(C)C[C@H]2[C@H](CCCN2C(=O)[C@@H]2CCC(=O)N2)O1. The fourth-order valence-corrected chi connectivity index (χ4v) is 3.64. The fraction of sp³-hybridized carbons (Fsp3) is 0.857. The van der Waals surface area contributed by atoms with Crippen molar-refractivity contribution < 1.29 is 14.3 Å². The Morgan fingerprint density at radius 3 is 2.89 bits per heavy atom. The quantitative estimate of drug-likeness (QED) is 0.764. The van der Waals surface area contributed by atoms with Crippen molar-refractivity contribution >= 4 is 11.8 Å². The maximum Gasteiger partial charge on any atom is 0.245 e. The Balaban J connectivity index is 1.73. The number of amides is 2. The van der Waals surface area contributed by atoms with Crippen LogP contribution < -0.4 is 5.32 Å². The van der Waals surface area contributed by atoms with E-state index in [-0.39, 0.29) is 35.6 Å². The molecule has 19 heavy (non-hydrogen) atoms. The fourth-order valence-electron chi connectivity index (χ4n) is 3.64. The molecule has 3 atom stereocenters. The van der Waals surface area contributed by atoms with Crippen LogP contribution >= 0.6 is 0 Å². The van der Waals surface area contributed by atoms with Crippen LogP contribution in [0.5, 0.6) is 0 Å². The van der Waals surface area contributed by atoms with E-state index in [4.69, 9.17) is 4.74 Å². The molecule has 0 aromatic heterocycles. The van der Waals surface area contributed by atoms with Crippen molar-refractivity contribution in [1.82, 2.24) is 10.2 Å². The van der Waals surface area contributed by atoms with Crippen LogP contribution in [-0.4, -0.2) is 47.0 Å². The van der Waals surface area contributed by atoms with Crippen LogP contribution in [0.2, 0.25) is 0 Å². The van der Waals surface area contributed by atoms with E-state index in [2.05, 4.69) is 19.2 Å². The average Bonchev–Trinajstić information content (AvgIpc) is 2.89. The summed E-state index contributed by atoms with van der Waals surface area (Å²) in [4.78, 5) is 25.8. The number of fused-ring (bicyclic) bond motifs is 1. The van der Waals surface area contributed by atoms with E-state index < -0.39 is 0 Å². The highest BCUT2D eigenvalue weighted by atomic mass is 16.5. The number of likely N-dealkylation sites (tertiary alicyclic amines) is 1. The van der Waals surface area contributed by atoms with Gasteiger partial charge in [0.05, 0.1) is 17.7 Å². The predicted octanol–water partition coefficient (Wildman–Crippen LogP) is 0.823. The molecule has 3 aliphatic heterocycles. The first-order chi connectivity index (χ1) is 8.96. The molecule has 5 nitrogen and oxygen atoms in total. The van der Waals surface area contributed by atoms with Crippen LogP contribution in [0.4, 0.5) is 0 Å². The van der Waals surface area contributed by atoms with Gasteiger partial charge in [-0.15, -0.1) is 0 Å². The van der Waals surface area contributed by atoms with Crippen molar-refractivity contribution in [3.05, 3.63) is 0 Å². The summed E-state index contributed by atoms with van der Waals surface area (Å²) in [7, 11) is 0. The van der Waals surface area contributed by atoms with E-state index in [1.165, 1.54) is 0 Å². The molecule has 0 bridgehead atoms. The van der Waals surface area contributed by atoms with E-state index in [1.807, 2.05) is 4.90 Å². The van der Waals surface area contributed by atoms with Crippen molar-refractivity contribution in [3.8, 4) is 0 Å². The highest BCUT2D eigenvalue weighted by molar-refractivity contribution is 5.91. The summed E-state index contributed by atoms with van der Waals surface area (Å²) in [5, 5.41) is 2.78. The third-order valence-corrected chi connectivity index (χ3v) is 4.46. The molecule has 0 aromatic rings. The summed E-state index contributed by atoms with van der Waals surface area (Å²) in [5.74, 6) is 0.0803. The Morgan fingerprint density at radius 1 is 1.42 bits per heavy atom. The smallest absolute Gasteiger partial charge is 0.245 e. The predicted molar refractivity (Wildman–Crippen MR) is 69.5 cm³/mol. The molecule has 106 valence electrons. The molecule has 3 aliphatic rings. The van der Waals surface area contributed by atoms with Gasteiger partial charge in [-0.2, -0.15) is 0 Å². The summed E-state index contributed by atoms with van der Waals surface area (Å²) < 4.78 is 6.04. The first-order valence-corrected chi connectivity index (χ1v) is 7.24. The molecule has 3 fully saturated rings. The third kappa shape index (κ3) is 2.36. The number of carbonyl (C=O) groups excluding carboxylic acids is 2. The Kier molecular flexibility index (Phi) is 3.04. The van der Waals surface area contributed by atoms with E-state index in [0.29, 0.717) is 12.8 Å². The van der Waals surface area contributed by atoms with Crippen LogP contribution in [0.15, 0.2) is 0 Å². The minimum Gasteiger partial charge on any atom is -0.370 e. The number of piperidine rings is 1. The van der Waals surface area contributed by atoms with Crippen molar-refractivity contribution in [2.75, 3.05) is 6.54 Å². The van der Waals surface area contributed by atoms with E-state index in [1.54, 1.807) is 0 Å². The van der Waals surface area contributed by atoms with Gasteiger partial charge in [0.15, 0.2) is 0 Å². The molecule has 0 aliphatic carbocycles. The van der Waals surface area contributed by atoms with Crippen molar-refractivity contribution in [3.63, 3.8) is 0 Å². The molecular formula is C14H22N2O3. The van der Waals surface area contributed by atoms with Gasteiger partial charge in [0.2, 0.25) is 11.8 Å². The van der Waals surface area contributed by atoms with Gasteiger partial charge in [0, 0.05) is 13.0 Å².